The van der Waals surface area contributed by atoms with Crippen LogP contribution in [0.4, 0.5) is 0 Å². The standard InChI is InChI=1S/C63H115N15O15S/c1-16-38(14)52(62(91)72-42(22-24-94-15)55(84)70-40(19-17-18-23-64)54(83)68-31-50(81)69-46(30-49(67)80)59(88)76-47(63(92)93)29-36(10)11)78-56(85)41(20-21-48(66)79)71-57(86)43(26-33(4)5)74-58(87)44(27-34(6)7)75-61(90)51(37(12)13)77-60(89)45(28-35(8)9)73-53(82)39(65)25-32(2)3/h32-47,51-52H,16-31,64-65H2,1-15H3,(H2,66,79)(H2,67,80)(H,68,83)(H,69,81)(H,70,84)(H,71,86)(H,72,91)(H,73,82)(H,74,87)(H,75,90)(H,76,88)(H,77,89)(H,78,85)(H,92,93)/t38-,39-,40-,41-,42-,43-,44-,45-,46-,47-,51-,52-/m0/s1. The molecule has 0 bridgehead atoms. The molecule has 0 aromatic rings. The summed E-state index contributed by atoms with van der Waals surface area (Å²) in [4.78, 5) is 189. The predicted octanol–water partition coefficient (Wildman–Crippen LogP) is -0.682. The minimum Gasteiger partial charge on any atom is -0.480 e. The number of aliphatic carboxylic acids is 1. The van der Waals surface area contributed by atoms with Crippen molar-refractivity contribution in [3.8, 4) is 0 Å². The maximum atomic E-state index is 14.5. The summed E-state index contributed by atoms with van der Waals surface area (Å²) in [6, 6.07) is -14.1. The van der Waals surface area contributed by atoms with Crippen molar-refractivity contribution in [3.05, 3.63) is 0 Å². The van der Waals surface area contributed by atoms with Gasteiger partial charge in [-0.3, -0.25) is 62.3 Å². The van der Waals surface area contributed by atoms with Crippen molar-refractivity contribution in [2.45, 2.75) is 247 Å². The molecule has 0 aromatic heterocycles. The van der Waals surface area contributed by atoms with Gasteiger partial charge in [-0.05, 0) is 124 Å². The highest BCUT2D eigenvalue weighted by Gasteiger charge is 2.38. The Morgan fingerprint density at radius 1 is 0.415 bits per heavy atom. The number of amides is 13. The number of nitrogens with two attached hydrogens (primary N) is 4. The number of unbranched alkanes of at least 4 members (excludes halogenated alkanes) is 1. The van der Waals surface area contributed by atoms with Crippen molar-refractivity contribution >= 4 is 94.5 Å². The smallest absolute Gasteiger partial charge is 0.326 e. The summed E-state index contributed by atoms with van der Waals surface area (Å²) in [6.07, 6.45) is 2.15. The van der Waals surface area contributed by atoms with Gasteiger partial charge in [-0.25, -0.2) is 4.79 Å². The van der Waals surface area contributed by atoms with Crippen LogP contribution in [0.1, 0.15) is 180 Å². The summed E-state index contributed by atoms with van der Waals surface area (Å²) < 4.78 is 0. The molecule has 0 heterocycles. The van der Waals surface area contributed by atoms with Gasteiger partial charge in [0.25, 0.3) is 0 Å². The number of carboxylic acids is 1. The van der Waals surface area contributed by atoms with Gasteiger partial charge in [-0.2, -0.15) is 11.8 Å². The topological polar surface area (TPSA) is 496 Å². The number of thioether (sulfide) groups is 1. The van der Waals surface area contributed by atoms with E-state index in [4.69, 9.17) is 22.9 Å². The highest BCUT2D eigenvalue weighted by Crippen LogP contribution is 2.16. The fourth-order valence-electron chi connectivity index (χ4n) is 9.82. The molecule has 0 aliphatic heterocycles. The summed E-state index contributed by atoms with van der Waals surface area (Å²) in [7, 11) is 0. The highest BCUT2D eigenvalue weighted by molar-refractivity contribution is 7.98. The number of primary amides is 2. The zero-order valence-corrected chi connectivity index (χ0v) is 58.9. The molecule has 0 aliphatic rings. The van der Waals surface area contributed by atoms with Crippen LogP contribution < -0.4 is 81.4 Å². The largest absolute Gasteiger partial charge is 0.480 e. The Hall–Kier alpha value is -7.15. The second kappa shape index (κ2) is 45.3. The van der Waals surface area contributed by atoms with E-state index in [9.17, 15) is 72.2 Å². The number of carbonyl (C=O) groups excluding carboxylic acids is 13. The zero-order chi connectivity index (χ0) is 72.3. The molecule has 31 heteroatoms. The van der Waals surface area contributed by atoms with E-state index < -0.39 is 180 Å². The lowest BCUT2D eigenvalue weighted by atomic mass is 9.96. The van der Waals surface area contributed by atoms with Gasteiger partial charge in [-0.15, -0.1) is 0 Å². The van der Waals surface area contributed by atoms with Crippen molar-refractivity contribution in [2.24, 2.45) is 64.4 Å². The van der Waals surface area contributed by atoms with Crippen LogP contribution in [0.15, 0.2) is 0 Å². The molecule has 538 valence electrons. The first kappa shape index (κ1) is 86.9. The third kappa shape index (κ3) is 35.4. The Kier molecular flexibility index (Phi) is 41.8. The molecular weight excluding hydrogens is 1240 g/mol. The Bertz CT molecular complexity index is 2500. The third-order valence-corrected chi connectivity index (χ3v) is 15.7. The summed E-state index contributed by atoms with van der Waals surface area (Å²) in [5.74, 6) is -13.3. The number of carboxylic acid groups (broad SMARTS) is 1. The molecule has 0 aromatic carbocycles. The maximum Gasteiger partial charge on any atom is 0.326 e. The molecular formula is C63H115N15O15S. The van der Waals surface area contributed by atoms with Crippen LogP contribution in [0.3, 0.4) is 0 Å². The molecule has 0 spiro atoms. The predicted molar refractivity (Wildman–Crippen MR) is 358 cm³/mol. The first-order valence-corrected chi connectivity index (χ1v) is 34.2. The van der Waals surface area contributed by atoms with Crippen LogP contribution in [0, 0.1) is 41.4 Å². The molecule has 94 heavy (non-hydrogen) atoms. The number of hydrogen-bond donors (Lipinski definition) is 16. The SMILES string of the molecule is CC[C@H](C)[C@H](NC(=O)[C@H](CCC(N)=O)NC(=O)[C@H](CC(C)C)NC(=O)[C@H](CC(C)C)NC(=O)[C@@H](NC(=O)[C@H](CC(C)C)NC(=O)[C@@H](N)CC(C)C)C(C)C)C(=O)N[C@@H](CCSC)C(=O)N[C@@H](CCCCN)C(=O)NCC(=O)N[C@@H](CC(N)=O)C(=O)N[C@@H](CC(C)C)C(=O)O. The summed E-state index contributed by atoms with van der Waals surface area (Å²) in [6.45, 7) is 24.5. The van der Waals surface area contributed by atoms with Crippen molar-refractivity contribution in [3.63, 3.8) is 0 Å². The van der Waals surface area contributed by atoms with Crippen molar-refractivity contribution in [1.82, 2.24) is 58.5 Å². The van der Waals surface area contributed by atoms with E-state index in [1.807, 2.05) is 41.5 Å². The van der Waals surface area contributed by atoms with Crippen LogP contribution in [-0.2, 0) is 67.1 Å². The molecule has 0 unspecified atom stereocenters. The van der Waals surface area contributed by atoms with Gasteiger partial charge in [0.05, 0.1) is 19.0 Å². The average molecular weight is 1350 g/mol. The summed E-state index contributed by atoms with van der Waals surface area (Å²) in [5.41, 5.74) is 22.7. The molecule has 0 fully saturated rings. The number of nitrogens with one attached hydrogen (secondary N) is 11. The Balaban J connectivity index is 6.86. The molecule has 0 rings (SSSR count). The van der Waals surface area contributed by atoms with E-state index >= 15 is 0 Å². The van der Waals surface area contributed by atoms with Gasteiger partial charge >= 0.3 is 5.97 Å². The Morgan fingerprint density at radius 3 is 1.24 bits per heavy atom. The lowest BCUT2D eigenvalue weighted by Gasteiger charge is -2.30. The molecule has 0 saturated carbocycles. The van der Waals surface area contributed by atoms with Gasteiger partial charge in [0, 0.05) is 6.42 Å². The summed E-state index contributed by atoms with van der Waals surface area (Å²) in [5, 5.41) is 38.3. The minimum absolute atomic E-state index is 0.0117. The summed E-state index contributed by atoms with van der Waals surface area (Å²) >= 11 is 1.34. The van der Waals surface area contributed by atoms with Crippen LogP contribution in [0.5, 0.6) is 0 Å². The second-order valence-electron chi connectivity index (χ2n) is 26.7. The fraction of sp³-hybridized carbons (Fsp3) is 0.778. The molecule has 20 N–H and O–H groups in total. The van der Waals surface area contributed by atoms with Crippen molar-refractivity contribution < 1.29 is 72.2 Å². The van der Waals surface area contributed by atoms with Gasteiger partial charge in [0.15, 0.2) is 0 Å². The van der Waals surface area contributed by atoms with Crippen LogP contribution in [-0.4, -0.2) is 179 Å². The van der Waals surface area contributed by atoms with Gasteiger partial charge in [0.2, 0.25) is 76.8 Å². The number of rotatable bonds is 48. The first-order chi connectivity index (χ1) is 43.8. The molecule has 12 atom stereocenters. The third-order valence-electron chi connectivity index (χ3n) is 15.1. The normalized spacial score (nSPS) is 15.3. The lowest BCUT2D eigenvalue weighted by Crippen LogP contribution is -2.61. The zero-order valence-electron chi connectivity index (χ0n) is 58.1. The van der Waals surface area contributed by atoms with Crippen LogP contribution >= 0.6 is 11.8 Å². The number of hydrogen-bond acceptors (Lipinski definition) is 17. The van der Waals surface area contributed by atoms with Crippen molar-refractivity contribution in [2.75, 3.05) is 25.1 Å². The van der Waals surface area contributed by atoms with E-state index in [0.29, 0.717) is 31.4 Å². The van der Waals surface area contributed by atoms with Crippen LogP contribution in [0.2, 0.25) is 0 Å². The monoisotopic (exact) mass is 1350 g/mol. The van der Waals surface area contributed by atoms with Gasteiger partial charge in [-0.1, -0.05) is 103 Å². The van der Waals surface area contributed by atoms with Gasteiger partial charge < -0.3 is 86.5 Å². The van der Waals surface area contributed by atoms with E-state index in [-0.39, 0.29) is 81.1 Å². The van der Waals surface area contributed by atoms with E-state index in [1.54, 1.807) is 61.6 Å². The average Bonchev–Trinajstić information content (AvgIpc) is 0.892. The Morgan fingerprint density at radius 2 is 0.798 bits per heavy atom. The molecule has 0 radical (unpaired) electrons. The lowest BCUT2D eigenvalue weighted by molar-refractivity contribution is -0.143. The second-order valence-corrected chi connectivity index (χ2v) is 27.7. The van der Waals surface area contributed by atoms with Crippen LogP contribution in [0.25, 0.3) is 0 Å². The Labute approximate surface area is 559 Å². The van der Waals surface area contributed by atoms with Crippen molar-refractivity contribution in [1.29, 1.82) is 0 Å². The molecule has 0 aliphatic carbocycles. The molecule has 13 amide bonds. The highest BCUT2D eigenvalue weighted by atomic mass is 32.2. The fourth-order valence-corrected chi connectivity index (χ4v) is 10.3. The maximum absolute atomic E-state index is 14.5. The molecule has 0 saturated heterocycles. The number of carbonyl (C=O) groups is 14. The minimum atomic E-state index is -1.60. The first-order valence-electron chi connectivity index (χ1n) is 32.8. The van der Waals surface area contributed by atoms with E-state index in [0.717, 1.165) is 0 Å². The molecule has 30 nitrogen and oxygen atoms in total. The van der Waals surface area contributed by atoms with E-state index in [2.05, 4.69) is 58.5 Å². The quantitative estimate of drug-likeness (QED) is 0.0336. The van der Waals surface area contributed by atoms with Gasteiger partial charge in [0.1, 0.15) is 60.4 Å². The van der Waals surface area contributed by atoms with E-state index in [1.165, 1.54) is 11.8 Å².